The number of rotatable bonds is 9. The number of nitrogens with one attached hydrogen (secondary N) is 1. The Morgan fingerprint density at radius 3 is 2.64 bits per heavy atom. The van der Waals surface area contributed by atoms with Gasteiger partial charge in [-0.05, 0) is 114 Å². The van der Waals surface area contributed by atoms with Crippen LogP contribution in [-0.2, 0) is 14.2 Å². The molecule has 5 unspecified atom stereocenters. The summed E-state index contributed by atoms with van der Waals surface area (Å²) < 4.78 is 18.1. The molecule has 2 saturated carbocycles. The summed E-state index contributed by atoms with van der Waals surface area (Å²) in [5, 5.41) is 16.1. The molecular weight excluding hydrogens is 512 g/mol. The molecule has 2 N–H and O–H groups in total. The van der Waals surface area contributed by atoms with Gasteiger partial charge in [-0.1, -0.05) is 13.8 Å². The molecule has 5 fully saturated rings. The maximum absolute atomic E-state index is 11.9. The fourth-order valence-corrected chi connectivity index (χ4v) is 9.61. The van der Waals surface area contributed by atoms with Gasteiger partial charge in [-0.25, -0.2) is 0 Å². The fraction of sp³-hybridized carbons (Fsp3) is 1.00. The average Bonchev–Trinajstić information content (AvgIpc) is 3.08. The van der Waals surface area contributed by atoms with Gasteiger partial charge in [0, 0.05) is 37.0 Å². The van der Waals surface area contributed by atoms with E-state index in [1.165, 1.54) is 25.7 Å². The third-order valence-electron chi connectivity index (χ3n) is 11.6. The van der Waals surface area contributed by atoms with Crippen LogP contribution >= 0.6 is 11.6 Å². The zero-order valence-electron chi connectivity index (χ0n) is 25.1. The third-order valence-corrected chi connectivity index (χ3v) is 12.0. The average molecular weight is 569 g/mol. The smallest absolute Gasteiger partial charge is 0.0750 e. The molecule has 39 heavy (non-hydrogen) atoms. The number of nitrogens with zero attached hydrogens (tertiary/aromatic N) is 1. The number of fused-ring (bicyclic) bond motifs is 2. The van der Waals surface area contributed by atoms with Crippen molar-refractivity contribution in [3.8, 4) is 0 Å². The monoisotopic (exact) mass is 568 g/mol. The van der Waals surface area contributed by atoms with Crippen LogP contribution in [0.15, 0.2) is 0 Å². The highest BCUT2D eigenvalue weighted by molar-refractivity contribution is 6.20. The van der Waals surface area contributed by atoms with Crippen LogP contribution in [0.2, 0.25) is 0 Å². The predicted octanol–water partition coefficient (Wildman–Crippen LogP) is 5.24. The number of halogens is 1. The molecule has 2 aliphatic carbocycles. The predicted molar refractivity (Wildman–Crippen MR) is 157 cm³/mol. The molecule has 0 amide bonds. The van der Waals surface area contributed by atoms with E-state index < -0.39 is 5.60 Å². The van der Waals surface area contributed by atoms with Crippen molar-refractivity contribution in [1.82, 2.24) is 10.2 Å². The molecule has 0 spiro atoms. The summed E-state index contributed by atoms with van der Waals surface area (Å²) in [7, 11) is 1.75. The number of piperidine rings is 2. The van der Waals surface area contributed by atoms with Gasteiger partial charge in [-0.2, -0.15) is 0 Å². The molecule has 3 saturated heterocycles. The van der Waals surface area contributed by atoms with E-state index in [-0.39, 0.29) is 5.41 Å². The Labute approximate surface area is 243 Å². The summed E-state index contributed by atoms with van der Waals surface area (Å²) in [6.45, 7) is 11.1. The van der Waals surface area contributed by atoms with E-state index in [1.54, 1.807) is 7.11 Å². The van der Waals surface area contributed by atoms with Crippen molar-refractivity contribution in [2.45, 2.75) is 120 Å². The molecule has 0 bridgehead atoms. The standard InChI is InChI=1S/C32H57ClN2O4/c1-31(2)22-35(17-14-32(31,36)23-8-10-24(33)11-9-23)16-5-7-26-27-6-4-15-34-29(27)21-39-30-13-12-25(20-28(26)30)38-19-18-37-3/h23-30,34,36H,4-22H2,1-3H3/t23?,24?,25-,26?,27?,28+,29?,30?,32?/m0/s1. The minimum absolute atomic E-state index is 0.0924. The third kappa shape index (κ3) is 7.00. The molecule has 5 aliphatic rings. The molecule has 0 aromatic carbocycles. The first kappa shape index (κ1) is 30.5. The molecular formula is C32H57ClN2O4. The molecule has 7 heteroatoms. The second-order valence-corrected chi connectivity index (χ2v) is 14.9. The number of ether oxygens (including phenoxy) is 3. The largest absolute Gasteiger partial charge is 0.389 e. The summed E-state index contributed by atoms with van der Waals surface area (Å²) in [5.74, 6) is 2.41. The van der Waals surface area contributed by atoms with Crippen LogP contribution in [-0.4, -0.2) is 92.3 Å². The molecule has 0 radical (unpaired) electrons. The Kier molecular flexibility index (Phi) is 10.6. The van der Waals surface area contributed by atoms with Gasteiger partial charge in [0.2, 0.25) is 0 Å². The van der Waals surface area contributed by atoms with E-state index in [2.05, 4.69) is 24.1 Å². The summed E-state index contributed by atoms with van der Waals surface area (Å²) in [6.07, 6.45) is 14.4. The fourth-order valence-electron chi connectivity index (χ4n) is 9.36. The highest BCUT2D eigenvalue weighted by Crippen LogP contribution is 2.49. The Hall–Kier alpha value is 0.0500. The molecule has 226 valence electrons. The maximum Gasteiger partial charge on any atom is 0.0750 e. The second kappa shape index (κ2) is 13.6. The van der Waals surface area contributed by atoms with E-state index in [9.17, 15) is 5.11 Å². The van der Waals surface area contributed by atoms with Gasteiger partial charge in [-0.3, -0.25) is 0 Å². The Morgan fingerprint density at radius 2 is 1.87 bits per heavy atom. The second-order valence-electron chi connectivity index (χ2n) is 14.3. The highest BCUT2D eigenvalue weighted by Gasteiger charge is 2.52. The molecule has 3 aliphatic heterocycles. The number of methoxy groups -OCH3 is 1. The molecule has 0 aromatic heterocycles. The molecule has 7 atom stereocenters. The van der Waals surface area contributed by atoms with Gasteiger partial charge in [0.25, 0.3) is 0 Å². The van der Waals surface area contributed by atoms with Gasteiger partial charge in [-0.15, -0.1) is 11.6 Å². The lowest BCUT2D eigenvalue weighted by atomic mass is 9.60. The zero-order valence-corrected chi connectivity index (χ0v) is 25.8. The van der Waals surface area contributed by atoms with Crippen LogP contribution in [0.4, 0.5) is 0 Å². The number of likely N-dealkylation sites (tertiary alicyclic amines) is 1. The minimum atomic E-state index is -0.562. The van der Waals surface area contributed by atoms with E-state index >= 15 is 0 Å². The molecule has 3 heterocycles. The van der Waals surface area contributed by atoms with Crippen LogP contribution in [0, 0.1) is 29.1 Å². The first-order valence-corrected chi connectivity index (χ1v) is 16.8. The van der Waals surface area contributed by atoms with Gasteiger partial charge in [0.15, 0.2) is 0 Å². The van der Waals surface area contributed by atoms with Crippen molar-refractivity contribution in [3.63, 3.8) is 0 Å². The summed E-state index contributed by atoms with van der Waals surface area (Å²) in [5.41, 5.74) is -0.655. The molecule has 0 aromatic rings. The summed E-state index contributed by atoms with van der Waals surface area (Å²) in [4.78, 5) is 2.65. The SMILES string of the molecule is COCCO[C@H]1CCC2OCC3NCCCC3C(CCCN3CCC(O)(C4CCC(Cl)CC4)C(C)(C)C3)[C@H]2C1. The van der Waals surface area contributed by atoms with Gasteiger partial charge >= 0.3 is 0 Å². The molecule has 5 rings (SSSR count). The van der Waals surface area contributed by atoms with E-state index in [4.69, 9.17) is 25.8 Å². The number of alkyl halides is 1. The van der Waals surface area contributed by atoms with Gasteiger partial charge < -0.3 is 29.5 Å². The lowest BCUT2D eigenvalue weighted by Crippen LogP contribution is -2.61. The van der Waals surface area contributed by atoms with E-state index in [0.717, 1.165) is 84.2 Å². The van der Waals surface area contributed by atoms with Crippen molar-refractivity contribution >= 4 is 11.6 Å². The van der Waals surface area contributed by atoms with E-state index in [1.807, 2.05) is 0 Å². The zero-order chi connectivity index (χ0) is 27.5. The lowest BCUT2D eigenvalue weighted by molar-refractivity contribution is -0.161. The normalized spacial score (nSPS) is 43.3. The Morgan fingerprint density at radius 1 is 1.05 bits per heavy atom. The maximum atomic E-state index is 11.9. The van der Waals surface area contributed by atoms with Crippen molar-refractivity contribution < 1.29 is 19.3 Å². The number of hydrogen-bond acceptors (Lipinski definition) is 6. The Balaban J connectivity index is 1.19. The van der Waals surface area contributed by atoms with Crippen LogP contribution in [0.3, 0.4) is 0 Å². The molecule has 6 nitrogen and oxygen atoms in total. The minimum Gasteiger partial charge on any atom is -0.389 e. The van der Waals surface area contributed by atoms with Crippen molar-refractivity contribution in [1.29, 1.82) is 0 Å². The Bertz CT molecular complexity index is 762. The number of hydrogen-bond donors (Lipinski definition) is 2. The van der Waals surface area contributed by atoms with Crippen molar-refractivity contribution in [2.24, 2.45) is 29.1 Å². The topological polar surface area (TPSA) is 63.2 Å². The van der Waals surface area contributed by atoms with Crippen LogP contribution in [0.1, 0.15) is 90.9 Å². The van der Waals surface area contributed by atoms with Gasteiger partial charge in [0.05, 0.1) is 37.6 Å². The first-order chi connectivity index (χ1) is 18.8. The summed E-state index contributed by atoms with van der Waals surface area (Å²) >= 11 is 6.40. The summed E-state index contributed by atoms with van der Waals surface area (Å²) in [6, 6.07) is 0.509. The van der Waals surface area contributed by atoms with E-state index in [0.29, 0.717) is 60.5 Å². The number of aliphatic hydroxyl groups is 1. The van der Waals surface area contributed by atoms with Gasteiger partial charge in [0.1, 0.15) is 0 Å². The van der Waals surface area contributed by atoms with Crippen LogP contribution in [0.25, 0.3) is 0 Å². The first-order valence-electron chi connectivity index (χ1n) is 16.3. The van der Waals surface area contributed by atoms with Crippen molar-refractivity contribution in [3.05, 3.63) is 0 Å². The lowest BCUT2D eigenvalue weighted by Gasteiger charge is -2.55. The quantitative estimate of drug-likeness (QED) is 0.293. The van der Waals surface area contributed by atoms with Crippen LogP contribution in [0.5, 0.6) is 0 Å². The highest BCUT2D eigenvalue weighted by atomic mass is 35.5. The van der Waals surface area contributed by atoms with Crippen molar-refractivity contribution in [2.75, 3.05) is 53.1 Å². The van der Waals surface area contributed by atoms with Crippen LogP contribution < -0.4 is 5.32 Å².